The molecule has 1 saturated carbocycles. The van der Waals surface area contributed by atoms with E-state index in [9.17, 15) is 4.79 Å². The molecule has 1 aliphatic carbocycles. The maximum absolute atomic E-state index is 11.5. The van der Waals surface area contributed by atoms with Gasteiger partial charge < -0.3 is 4.74 Å². The highest BCUT2D eigenvalue weighted by molar-refractivity contribution is 5.69. The third-order valence-corrected chi connectivity index (χ3v) is 4.76. The van der Waals surface area contributed by atoms with Crippen LogP contribution >= 0.6 is 0 Å². The number of esters is 1. The number of hydrogen-bond donors (Lipinski definition) is 0. The molecule has 2 heteroatoms. The van der Waals surface area contributed by atoms with Crippen molar-refractivity contribution in [2.75, 3.05) is 6.61 Å². The second kappa shape index (κ2) is 8.60. The van der Waals surface area contributed by atoms with Crippen molar-refractivity contribution in [2.45, 2.75) is 83.5 Å². The van der Waals surface area contributed by atoms with E-state index < -0.39 is 0 Å². The number of fused-ring (bicyclic) bond motifs is 1. The molecular weight excluding hydrogens is 236 g/mol. The van der Waals surface area contributed by atoms with E-state index >= 15 is 0 Å². The highest BCUT2D eigenvalue weighted by Crippen LogP contribution is 2.45. The fourth-order valence-electron chi connectivity index (χ4n) is 3.34. The van der Waals surface area contributed by atoms with Gasteiger partial charge in [0.2, 0.25) is 0 Å². The van der Waals surface area contributed by atoms with Gasteiger partial charge in [0.15, 0.2) is 0 Å². The summed E-state index contributed by atoms with van der Waals surface area (Å²) in [4.78, 5) is 11.5. The Bertz CT molecular complexity index is 238. The third kappa shape index (κ3) is 6.44. The molecule has 0 aromatic rings. The highest BCUT2D eigenvalue weighted by atomic mass is 16.5. The van der Waals surface area contributed by atoms with E-state index in [1.807, 2.05) is 0 Å². The molecule has 0 N–H and O–H groups in total. The van der Waals surface area contributed by atoms with Gasteiger partial charge in [-0.05, 0) is 31.1 Å². The van der Waals surface area contributed by atoms with Crippen LogP contribution in [-0.2, 0) is 9.53 Å². The first-order valence-electron chi connectivity index (χ1n) is 8.52. The molecule has 0 unspecified atom stereocenters. The van der Waals surface area contributed by atoms with Gasteiger partial charge in [0.25, 0.3) is 0 Å². The van der Waals surface area contributed by atoms with Crippen LogP contribution in [0.5, 0.6) is 0 Å². The van der Waals surface area contributed by atoms with Gasteiger partial charge in [0, 0.05) is 6.42 Å². The van der Waals surface area contributed by atoms with Gasteiger partial charge in [-0.15, -0.1) is 0 Å². The Morgan fingerprint density at radius 2 is 1.32 bits per heavy atom. The van der Waals surface area contributed by atoms with E-state index in [1.54, 1.807) is 0 Å². The Morgan fingerprint density at radius 3 is 2.05 bits per heavy atom. The Kier molecular flexibility index (Phi) is 6.73. The zero-order valence-corrected chi connectivity index (χ0v) is 12.4. The molecule has 1 saturated heterocycles. The van der Waals surface area contributed by atoms with Gasteiger partial charge in [0.1, 0.15) is 0 Å². The number of ether oxygens (including phenoxy) is 1. The molecule has 0 aromatic carbocycles. The molecule has 0 amide bonds. The summed E-state index contributed by atoms with van der Waals surface area (Å²) in [6, 6.07) is 0. The summed E-state index contributed by atoms with van der Waals surface area (Å²) in [5.41, 5.74) is 0. The van der Waals surface area contributed by atoms with Crippen molar-refractivity contribution >= 4 is 5.97 Å². The van der Waals surface area contributed by atoms with Gasteiger partial charge in [-0.2, -0.15) is 0 Å². The average Bonchev–Trinajstić information content (AvgIpc) is 3.14. The van der Waals surface area contributed by atoms with Gasteiger partial charge in [0.05, 0.1) is 6.61 Å². The van der Waals surface area contributed by atoms with Crippen LogP contribution in [-0.4, -0.2) is 12.6 Å². The van der Waals surface area contributed by atoms with E-state index in [4.69, 9.17) is 4.74 Å². The molecule has 2 atom stereocenters. The summed E-state index contributed by atoms with van der Waals surface area (Å²) >= 11 is 0. The SMILES string of the molecule is O=C1CCCCCCC[C@@H]2C[C@H]2CCCCCCO1. The largest absolute Gasteiger partial charge is 0.466 e. The number of carbonyl (C=O) groups excluding carboxylic acids is 1. The second-order valence-electron chi connectivity index (χ2n) is 6.49. The van der Waals surface area contributed by atoms with Crippen molar-refractivity contribution in [1.29, 1.82) is 0 Å². The lowest BCUT2D eigenvalue weighted by Gasteiger charge is -2.04. The van der Waals surface area contributed by atoms with Crippen LogP contribution in [0.15, 0.2) is 0 Å². The highest BCUT2D eigenvalue weighted by Gasteiger charge is 2.34. The monoisotopic (exact) mass is 266 g/mol. The minimum atomic E-state index is 0.0190. The molecule has 1 heterocycles. The van der Waals surface area contributed by atoms with Crippen molar-refractivity contribution in [2.24, 2.45) is 11.8 Å². The predicted molar refractivity (Wildman–Crippen MR) is 78.0 cm³/mol. The minimum absolute atomic E-state index is 0.0190. The lowest BCUT2D eigenvalue weighted by molar-refractivity contribution is -0.143. The molecule has 0 radical (unpaired) electrons. The third-order valence-electron chi connectivity index (χ3n) is 4.76. The quantitative estimate of drug-likeness (QED) is 0.585. The Morgan fingerprint density at radius 1 is 0.737 bits per heavy atom. The summed E-state index contributed by atoms with van der Waals surface area (Å²) in [6.07, 6.45) is 16.3. The van der Waals surface area contributed by atoms with Crippen LogP contribution in [0.1, 0.15) is 83.5 Å². The molecule has 2 rings (SSSR count). The molecule has 0 bridgehead atoms. The zero-order chi connectivity index (χ0) is 13.3. The summed E-state index contributed by atoms with van der Waals surface area (Å²) in [6.45, 7) is 0.644. The lowest BCUT2D eigenvalue weighted by Crippen LogP contribution is -2.05. The number of rotatable bonds is 0. The Balaban J connectivity index is 1.62. The van der Waals surface area contributed by atoms with Crippen LogP contribution in [0.3, 0.4) is 0 Å². The van der Waals surface area contributed by atoms with Crippen LogP contribution in [0.25, 0.3) is 0 Å². The molecule has 0 spiro atoms. The average molecular weight is 266 g/mol. The van der Waals surface area contributed by atoms with E-state index in [0.717, 1.165) is 24.7 Å². The van der Waals surface area contributed by atoms with Gasteiger partial charge in [-0.3, -0.25) is 4.79 Å². The molecule has 2 fully saturated rings. The molecule has 19 heavy (non-hydrogen) atoms. The van der Waals surface area contributed by atoms with Crippen LogP contribution in [0, 0.1) is 11.8 Å². The molecule has 2 aliphatic rings. The van der Waals surface area contributed by atoms with Crippen LogP contribution in [0.4, 0.5) is 0 Å². The van der Waals surface area contributed by atoms with Crippen LogP contribution < -0.4 is 0 Å². The van der Waals surface area contributed by atoms with E-state index in [1.165, 1.54) is 64.2 Å². The normalized spacial score (nSPS) is 31.9. The Labute approximate surface area is 118 Å². The number of cyclic esters (lactones) is 1. The van der Waals surface area contributed by atoms with Gasteiger partial charge in [-0.25, -0.2) is 0 Å². The first kappa shape index (κ1) is 14.9. The standard InChI is InChI=1S/C17H30O2/c18-17-12-8-3-1-2-6-10-15-14-16(15)11-7-4-5-9-13-19-17/h15-16H,1-14H2/t15-,16-/m1/s1. The maximum atomic E-state index is 11.5. The lowest BCUT2D eigenvalue weighted by atomic mass is 10.0. The van der Waals surface area contributed by atoms with E-state index in [-0.39, 0.29) is 5.97 Å². The van der Waals surface area contributed by atoms with E-state index in [0.29, 0.717) is 13.0 Å². The fraction of sp³-hybridized carbons (Fsp3) is 0.941. The minimum Gasteiger partial charge on any atom is -0.466 e. The molecule has 110 valence electrons. The first-order chi connectivity index (χ1) is 9.36. The molecule has 0 aromatic heterocycles. The van der Waals surface area contributed by atoms with E-state index in [2.05, 4.69) is 0 Å². The summed E-state index contributed by atoms with van der Waals surface area (Å²) < 4.78 is 5.26. The fourth-order valence-corrected chi connectivity index (χ4v) is 3.34. The molecular formula is C17H30O2. The van der Waals surface area contributed by atoms with Crippen LogP contribution in [0.2, 0.25) is 0 Å². The predicted octanol–water partition coefficient (Wildman–Crippen LogP) is 4.86. The van der Waals surface area contributed by atoms with Crippen molar-refractivity contribution in [3.8, 4) is 0 Å². The number of carbonyl (C=O) groups is 1. The van der Waals surface area contributed by atoms with Gasteiger partial charge in [-0.1, -0.05) is 57.8 Å². The van der Waals surface area contributed by atoms with Gasteiger partial charge >= 0.3 is 5.97 Å². The van der Waals surface area contributed by atoms with Crippen molar-refractivity contribution in [1.82, 2.24) is 0 Å². The smallest absolute Gasteiger partial charge is 0.305 e. The summed E-state index contributed by atoms with van der Waals surface area (Å²) in [5, 5.41) is 0. The molecule has 2 nitrogen and oxygen atoms in total. The van der Waals surface area contributed by atoms with Crippen molar-refractivity contribution < 1.29 is 9.53 Å². The second-order valence-corrected chi connectivity index (χ2v) is 6.49. The van der Waals surface area contributed by atoms with Crippen molar-refractivity contribution in [3.05, 3.63) is 0 Å². The molecule has 1 aliphatic heterocycles. The first-order valence-corrected chi connectivity index (χ1v) is 8.52. The summed E-state index contributed by atoms with van der Waals surface area (Å²) in [5.74, 6) is 2.15. The number of hydrogen-bond acceptors (Lipinski definition) is 2. The topological polar surface area (TPSA) is 26.3 Å². The summed E-state index contributed by atoms with van der Waals surface area (Å²) in [7, 11) is 0. The zero-order valence-electron chi connectivity index (χ0n) is 12.4. The Hall–Kier alpha value is -0.530. The maximum Gasteiger partial charge on any atom is 0.305 e. The van der Waals surface area contributed by atoms with Crippen molar-refractivity contribution in [3.63, 3.8) is 0 Å².